The highest BCUT2D eigenvalue weighted by Crippen LogP contribution is 2.12. The van der Waals surface area contributed by atoms with Gasteiger partial charge in [0.1, 0.15) is 0 Å². The summed E-state index contributed by atoms with van der Waals surface area (Å²) in [6.07, 6.45) is 19.5. The lowest BCUT2D eigenvalue weighted by atomic mass is 10.0. The van der Waals surface area contributed by atoms with Crippen molar-refractivity contribution >= 4 is 5.97 Å². The van der Waals surface area contributed by atoms with E-state index in [1.807, 2.05) is 0 Å². The van der Waals surface area contributed by atoms with Crippen molar-refractivity contribution in [3.63, 3.8) is 0 Å². The van der Waals surface area contributed by atoms with Crippen LogP contribution in [0.2, 0.25) is 0 Å². The summed E-state index contributed by atoms with van der Waals surface area (Å²) in [4.78, 5) is 11.1. The highest BCUT2D eigenvalue weighted by atomic mass is 16.5. The molecule has 0 heterocycles. The van der Waals surface area contributed by atoms with Crippen LogP contribution in [0.15, 0.2) is 17.4 Å². The van der Waals surface area contributed by atoms with Gasteiger partial charge in [-0.05, 0) is 19.4 Å². The van der Waals surface area contributed by atoms with Crippen molar-refractivity contribution in [2.24, 2.45) is 0 Å². The highest BCUT2D eigenvalue weighted by molar-refractivity contribution is 5.87. The third-order valence-electron chi connectivity index (χ3n) is 4.40. The SMILES string of the molecule is CCCCCCCCCCCCCCCOCC=C=C(C)C(=O)OC. The maximum Gasteiger partial charge on any atom is 0.341 e. The second-order valence-corrected chi connectivity index (χ2v) is 6.78. The van der Waals surface area contributed by atoms with E-state index in [0.29, 0.717) is 12.2 Å². The summed E-state index contributed by atoms with van der Waals surface area (Å²) in [5.41, 5.74) is 3.35. The van der Waals surface area contributed by atoms with Crippen LogP contribution < -0.4 is 0 Å². The van der Waals surface area contributed by atoms with Gasteiger partial charge in [0, 0.05) is 6.61 Å². The molecule has 0 amide bonds. The van der Waals surface area contributed by atoms with Crippen LogP contribution in [0.3, 0.4) is 0 Å². The van der Waals surface area contributed by atoms with Gasteiger partial charge in [-0.2, -0.15) is 0 Å². The summed E-state index contributed by atoms with van der Waals surface area (Å²) >= 11 is 0. The van der Waals surface area contributed by atoms with E-state index in [4.69, 9.17) is 4.74 Å². The van der Waals surface area contributed by atoms with E-state index in [1.54, 1.807) is 13.0 Å². The van der Waals surface area contributed by atoms with Crippen molar-refractivity contribution in [3.8, 4) is 0 Å². The number of ether oxygens (including phenoxy) is 2. The van der Waals surface area contributed by atoms with Gasteiger partial charge in [0.2, 0.25) is 0 Å². The molecule has 3 heteroatoms. The first-order valence-corrected chi connectivity index (χ1v) is 10.3. The number of hydrogen-bond acceptors (Lipinski definition) is 3. The molecule has 25 heavy (non-hydrogen) atoms. The van der Waals surface area contributed by atoms with E-state index in [1.165, 1.54) is 84.2 Å². The summed E-state index contributed by atoms with van der Waals surface area (Å²) in [5.74, 6) is -0.340. The van der Waals surface area contributed by atoms with Gasteiger partial charge in [-0.25, -0.2) is 4.79 Å². The zero-order valence-electron chi connectivity index (χ0n) is 16.9. The standard InChI is InChI=1S/C22H40O3/c1-4-5-6-7-8-9-10-11-12-13-14-15-16-19-25-20-17-18-21(2)22(23)24-3/h17H,4-16,19-20H2,1-3H3. The van der Waals surface area contributed by atoms with E-state index in [2.05, 4.69) is 17.4 Å². The van der Waals surface area contributed by atoms with Crippen molar-refractivity contribution in [2.45, 2.75) is 97.3 Å². The normalized spacial score (nSPS) is 10.4. The largest absolute Gasteiger partial charge is 0.465 e. The van der Waals surface area contributed by atoms with Crippen molar-refractivity contribution in [2.75, 3.05) is 20.3 Å². The van der Waals surface area contributed by atoms with Crippen LogP contribution in [-0.4, -0.2) is 26.3 Å². The Hall–Kier alpha value is -1.05. The average molecular weight is 353 g/mol. The summed E-state index contributed by atoms with van der Waals surface area (Å²) in [7, 11) is 1.37. The van der Waals surface area contributed by atoms with Crippen molar-refractivity contribution in [1.82, 2.24) is 0 Å². The van der Waals surface area contributed by atoms with Gasteiger partial charge in [0.05, 0.1) is 19.3 Å². The van der Waals surface area contributed by atoms with Crippen molar-refractivity contribution in [3.05, 3.63) is 17.4 Å². The number of methoxy groups -OCH3 is 1. The second kappa shape index (κ2) is 19.3. The molecule has 0 aliphatic rings. The zero-order valence-corrected chi connectivity index (χ0v) is 16.9. The number of carbonyl (C=O) groups excluding carboxylic acids is 1. The van der Waals surface area contributed by atoms with Crippen LogP contribution in [0.1, 0.15) is 97.3 Å². The molecule has 0 N–H and O–H groups in total. The van der Waals surface area contributed by atoms with Crippen LogP contribution in [0.5, 0.6) is 0 Å². The van der Waals surface area contributed by atoms with Gasteiger partial charge in [0.15, 0.2) is 0 Å². The Bertz CT molecular complexity index is 367. The Morgan fingerprint density at radius 1 is 0.840 bits per heavy atom. The fourth-order valence-electron chi connectivity index (χ4n) is 2.77. The predicted octanol–water partition coefficient (Wildman–Crippen LogP) is 6.37. The number of esters is 1. The molecule has 0 saturated heterocycles. The third-order valence-corrected chi connectivity index (χ3v) is 4.40. The zero-order chi connectivity index (χ0) is 18.6. The molecule has 146 valence electrons. The molecule has 0 spiro atoms. The molecule has 0 aromatic heterocycles. The molecule has 0 aliphatic carbocycles. The van der Waals surface area contributed by atoms with Crippen LogP contribution in [0, 0.1) is 0 Å². The topological polar surface area (TPSA) is 35.5 Å². The Kier molecular flexibility index (Phi) is 18.5. The molecule has 0 rings (SSSR count). The van der Waals surface area contributed by atoms with E-state index in [-0.39, 0.29) is 5.97 Å². The quantitative estimate of drug-likeness (QED) is 0.132. The molecule has 0 saturated carbocycles. The molecule has 0 bridgehead atoms. The molecular weight excluding hydrogens is 312 g/mol. The van der Waals surface area contributed by atoms with Crippen molar-refractivity contribution < 1.29 is 14.3 Å². The Morgan fingerprint density at radius 3 is 1.80 bits per heavy atom. The van der Waals surface area contributed by atoms with Gasteiger partial charge in [-0.1, -0.05) is 84.0 Å². The highest BCUT2D eigenvalue weighted by Gasteiger charge is 1.99. The van der Waals surface area contributed by atoms with Gasteiger partial charge in [-0.15, -0.1) is 5.73 Å². The Morgan fingerprint density at radius 2 is 1.32 bits per heavy atom. The molecule has 0 radical (unpaired) electrons. The summed E-state index contributed by atoms with van der Waals surface area (Å²) in [6.45, 7) is 5.25. The van der Waals surface area contributed by atoms with Gasteiger partial charge >= 0.3 is 5.97 Å². The monoisotopic (exact) mass is 352 g/mol. The molecule has 3 nitrogen and oxygen atoms in total. The Balaban J connectivity index is 3.24. The first-order chi connectivity index (χ1) is 12.2. The fraction of sp³-hybridized carbons (Fsp3) is 0.818. The van der Waals surface area contributed by atoms with Crippen LogP contribution in [0.25, 0.3) is 0 Å². The molecule has 0 aromatic carbocycles. The van der Waals surface area contributed by atoms with Gasteiger partial charge in [0.25, 0.3) is 0 Å². The van der Waals surface area contributed by atoms with Crippen LogP contribution in [-0.2, 0) is 14.3 Å². The molecule has 0 aliphatic heterocycles. The summed E-state index contributed by atoms with van der Waals surface area (Å²) in [5, 5.41) is 0. The van der Waals surface area contributed by atoms with Gasteiger partial charge < -0.3 is 9.47 Å². The lowest BCUT2D eigenvalue weighted by Crippen LogP contribution is -2.00. The number of carbonyl (C=O) groups is 1. The van der Waals surface area contributed by atoms with Crippen LogP contribution in [0.4, 0.5) is 0 Å². The summed E-state index contributed by atoms with van der Waals surface area (Å²) < 4.78 is 10.1. The van der Waals surface area contributed by atoms with Gasteiger partial charge in [-0.3, -0.25) is 0 Å². The van der Waals surface area contributed by atoms with E-state index < -0.39 is 0 Å². The van der Waals surface area contributed by atoms with Crippen molar-refractivity contribution in [1.29, 1.82) is 0 Å². The second-order valence-electron chi connectivity index (χ2n) is 6.78. The lowest BCUT2D eigenvalue weighted by Gasteiger charge is -2.03. The maximum absolute atomic E-state index is 11.1. The third kappa shape index (κ3) is 17.6. The van der Waals surface area contributed by atoms with E-state index >= 15 is 0 Å². The average Bonchev–Trinajstić information content (AvgIpc) is 2.63. The Labute approximate surface area is 155 Å². The van der Waals surface area contributed by atoms with E-state index in [0.717, 1.165) is 13.0 Å². The number of rotatable bonds is 17. The fourth-order valence-corrected chi connectivity index (χ4v) is 2.77. The maximum atomic E-state index is 11.1. The first-order valence-electron chi connectivity index (χ1n) is 10.3. The van der Waals surface area contributed by atoms with Crippen LogP contribution >= 0.6 is 0 Å². The number of unbranched alkanes of at least 4 members (excludes halogenated alkanes) is 12. The minimum absolute atomic E-state index is 0.340. The first kappa shape index (κ1) is 23.9. The number of hydrogen-bond donors (Lipinski definition) is 0. The minimum Gasteiger partial charge on any atom is -0.465 e. The molecule has 0 aromatic rings. The molecule has 0 fully saturated rings. The minimum atomic E-state index is -0.340. The van der Waals surface area contributed by atoms with E-state index in [9.17, 15) is 4.79 Å². The molecule has 0 atom stereocenters. The summed E-state index contributed by atoms with van der Waals surface area (Å²) in [6, 6.07) is 0. The smallest absolute Gasteiger partial charge is 0.341 e. The predicted molar refractivity (Wildman–Crippen MR) is 106 cm³/mol. The molecule has 0 unspecified atom stereocenters. The molecular formula is C22H40O3. The lowest BCUT2D eigenvalue weighted by molar-refractivity contribution is -0.136.